The van der Waals surface area contributed by atoms with E-state index in [0.29, 0.717) is 17.5 Å². The van der Waals surface area contributed by atoms with E-state index in [1.165, 1.54) is 12.8 Å². The summed E-state index contributed by atoms with van der Waals surface area (Å²) in [4.78, 5) is 8.42. The topological polar surface area (TPSA) is 66.0 Å². The van der Waals surface area contributed by atoms with Crippen molar-refractivity contribution in [2.45, 2.75) is 18.8 Å². The van der Waals surface area contributed by atoms with Gasteiger partial charge in [-0.05, 0) is 12.8 Å². The number of hydrogen-bond acceptors (Lipinski definition) is 4. The van der Waals surface area contributed by atoms with Crippen molar-refractivity contribution in [2.75, 3.05) is 12.8 Å². The van der Waals surface area contributed by atoms with Gasteiger partial charge in [0.05, 0.1) is 31.0 Å². The molecule has 17 heavy (non-hydrogen) atoms. The van der Waals surface area contributed by atoms with Crippen LogP contribution in [0.25, 0.3) is 5.69 Å². The van der Waals surface area contributed by atoms with Gasteiger partial charge in [-0.3, -0.25) is 0 Å². The van der Waals surface area contributed by atoms with E-state index in [2.05, 4.69) is 9.97 Å². The molecule has 0 bridgehead atoms. The van der Waals surface area contributed by atoms with Crippen LogP contribution in [0.15, 0.2) is 24.8 Å². The molecule has 5 nitrogen and oxygen atoms in total. The number of rotatable bonds is 3. The van der Waals surface area contributed by atoms with Crippen LogP contribution in [0.3, 0.4) is 0 Å². The van der Waals surface area contributed by atoms with Gasteiger partial charge >= 0.3 is 0 Å². The summed E-state index contributed by atoms with van der Waals surface area (Å²) in [5.41, 5.74) is 7.71. The first-order chi connectivity index (χ1) is 8.28. The highest BCUT2D eigenvalue weighted by molar-refractivity contribution is 5.51. The summed E-state index contributed by atoms with van der Waals surface area (Å²) in [7, 11) is 1.62. The fraction of sp³-hybridized carbons (Fsp3) is 0.333. The van der Waals surface area contributed by atoms with Gasteiger partial charge in [0.1, 0.15) is 5.82 Å². The average molecular weight is 230 g/mol. The molecular formula is C12H14N4O. The largest absolute Gasteiger partial charge is 0.493 e. The number of nitrogens with zero attached hydrogens (tertiary/aromatic N) is 3. The van der Waals surface area contributed by atoms with Gasteiger partial charge in [-0.25, -0.2) is 9.97 Å². The molecule has 2 aromatic rings. The highest BCUT2D eigenvalue weighted by Crippen LogP contribution is 2.39. The molecule has 88 valence electrons. The quantitative estimate of drug-likeness (QED) is 0.872. The van der Waals surface area contributed by atoms with Gasteiger partial charge in [-0.1, -0.05) is 0 Å². The molecule has 1 aliphatic carbocycles. The van der Waals surface area contributed by atoms with Crippen LogP contribution in [0.5, 0.6) is 5.75 Å². The Labute approximate surface area is 99.3 Å². The van der Waals surface area contributed by atoms with Crippen molar-refractivity contribution in [1.29, 1.82) is 0 Å². The Hall–Kier alpha value is -2.04. The van der Waals surface area contributed by atoms with Crippen LogP contribution < -0.4 is 10.5 Å². The highest BCUT2D eigenvalue weighted by Gasteiger charge is 2.26. The van der Waals surface area contributed by atoms with Crippen molar-refractivity contribution in [1.82, 2.24) is 14.5 Å². The lowest BCUT2D eigenvalue weighted by Gasteiger charge is -2.08. The van der Waals surface area contributed by atoms with Crippen molar-refractivity contribution in [2.24, 2.45) is 0 Å². The fourth-order valence-corrected chi connectivity index (χ4v) is 1.87. The minimum absolute atomic E-state index is 0.475. The van der Waals surface area contributed by atoms with E-state index in [1.54, 1.807) is 25.7 Å². The molecule has 0 unspecified atom stereocenters. The van der Waals surface area contributed by atoms with Crippen molar-refractivity contribution >= 4 is 5.82 Å². The predicted molar refractivity (Wildman–Crippen MR) is 64.3 cm³/mol. The molecule has 0 amide bonds. The third kappa shape index (κ3) is 1.84. The van der Waals surface area contributed by atoms with Gasteiger partial charge < -0.3 is 15.0 Å². The predicted octanol–water partition coefficient (Wildman–Crippen LogP) is 1.74. The fourth-order valence-electron chi connectivity index (χ4n) is 1.87. The molecule has 0 aromatic carbocycles. The maximum atomic E-state index is 5.70. The molecule has 1 fully saturated rings. The monoisotopic (exact) mass is 230 g/mol. The number of pyridine rings is 1. The number of aromatic nitrogens is 3. The second-order valence-corrected chi connectivity index (χ2v) is 4.26. The lowest BCUT2D eigenvalue weighted by molar-refractivity contribution is 0.411. The van der Waals surface area contributed by atoms with Crippen molar-refractivity contribution < 1.29 is 4.74 Å². The summed E-state index contributed by atoms with van der Waals surface area (Å²) in [5, 5.41) is 0. The molecule has 0 radical (unpaired) electrons. The van der Waals surface area contributed by atoms with Gasteiger partial charge in [0.2, 0.25) is 0 Å². The van der Waals surface area contributed by atoms with Crippen molar-refractivity contribution in [3.8, 4) is 11.4 Å². The zero-order valence-corrected chi connectivity index (χ0v) is 9.63. The van der Waals surface area contributed by atoms with E-state index in [4.69, 9.17) is 10.5 Å². The summed E-state index contributed by atoms with van der Waals surface area (Å²) in [6.07, 6.45) is 7.95. The van der Waals surface area contributed by atoms with Crippen LogP contribution in [-0.2, 0) is 0 Å². The Morgan fingerprint density at radius 3 is 2.94 bits per heavy atom. The first-order valence-electron chi connectivity index (χ1n) is 5.61. The Morgan fingerprint density at radius 2 is 2.24 bits per heavy atom. The number of hydrogen-bond donors (Lipinski definition) is 1. The maximum Gasteiger partial charge on any atom is 0.161 e. The Kier molecular flexibility index (Phi) is 2.24. The van der Waals surface area contributed by atoms with Crippen molar-refractivity contribution in [3.05, 3.63) is 30.5 Å². The third-order valence-electron chi connectivity index (χ3n) is 2.96. The number of methoxy groups -OCH3 is 1. The summed E-state index contributed by atoms with van der Waals surface area (Å²) in [6.45, 7) is 0. The lowest BCUT2D eigenvalue weighted by Crippen LogP contribution is -1.99. The Morgan fingerprint density at radius 1 is 1.41 bits per heavy atom. The SMILES string of the molecule is COc1cnc(N)cc1-n1cnc(C2CC2)c1. The zero-order valence-electron chi connectivity index (χ0n) is 9.63. The van der Waals surface area contributed by atoms with Crippen LogP contribution in [0.2, 0.25) is 0 Å². The van der Waals surface area contributed by atoms with E-state index in [0.717, 1.165) is 11.4 Å². The van der Waals surface area contributed by atoms with E-state index in [1.807, 2.05) is 10.8 Å². The van der Waals surface area contributed by atoms with Gasteiger partial charge in [0.15, 0.2) is 5.75 Å². The Balaban J connectivity index is 2.03. The third-order valence-corrected chi connectivity index (χ3v) is 2.96. The second kappa shape index (κ2) is 3.76. The first-order valence-corrected chi connectivity index (χ1v) is 5.61. The molecule has 1 aliphatic rings. The van der Waals surface area contributed by atoms with Crippen LogP contribution in [0, 0.1) is 0 Å². The molecular weight excluding hydrogens is 216 g/mol. The molecule has 1 saturated carbocycles. The minimum Gasteiger partial charge on any atom is -0.493 e. The van der Waals surface area contributed by atoms with Crippen LogP contribution in [-0.4, -0.2) is 21.6 Å². The van der Waals surface area contributed by atoms with Crippen molar-refractivity contribution in [3.63, 3.8) is 0 Å². The zero-order chi connectivity index (χ0) is 11.8. The number of ether oxygens (including phenoxy) is 1. The van der Waals surface area contributed by atoms with Gasteiger partial charge in [-0.15, -0.1) is 0 Å². The first kappa shape index (κ1) is 10.1. The van der Waals surface area contributed by atoms with E-state index in [-0.39, 0.29) is 0 Å². The van der Waals surface area contributed by atoms with Crippen LogP contribution >= 0.6 is 0 Å². The molecule has 0 aliphatic heterocycles. The van der Waals surface area contributed by atoms with Crippen LogP contribution in [0.1, 0.15) is 24.5 Å². The molecule has 0 spiro atoms. The van der Waals surface area contributed by atoms with Gasteiger partial charge in [0, 0.05) is 18.2 Å². The Bertz CT molecular complexity index is 545. The van der Waals surface area contributed by atoms with Gasteiger partial charge in [0.25, 0.3) is 0 Å². The molecule has 0 saturated heterocycles. The summed E-state index contributed by atoms with van der Waals surface area (Å²) >= 11 is 0. The lowest BCUT2D eigenvalue weighted by atomic mass is 10.3. The maximum absolute atomic E-state index is 5.70. The molecule has 3 rings (SSSR count). The van der Waals surface area contributed by atoms with E-state index >= 15 is 0 Å². The van der Waals surface area contributed by atoms with Crippen LogP contribution in [0.4, 0.5) is 5.82 Å². The molecule has 2 heterocycles. The number of imidazole rings is 1. The average Bonchev–Trinajstić information content (AvgIpc) is 3.07. The standard InChI is InChI=1S/C12H14N4O/c1-17-11-5-14-12(13)4-10(11)16-6-9(15-7-16)8-2-3-8/h4-8H,2-3H2,1H3,(H2,13,14). The summed E-state index contributed by atoms with van der Waals surface area (Å²) in [5.74, 6) is 1.81. The molecule has 2 aromatic heterocycles. The second-order valence-electron chi connectivity index (χ2n) is 4.26. The number of anilines is 1. The summed E-state index contributed by atoms with van der Waals surface area (Å²) in [6, 6.07) is 1.79. The normalized spacial score (nSPS) is 14.9. The smallest absolute Gasteiger partial charge is 0.161 e. The summed E-state index contributed by atoms with van der Waals surface area (Å²) < 4.78 is 7.21. The van der Waals surface area contributed by atoms with E-state index in [9.17, 15) is 0 Å². The number of nitrogen functional groups attached to an aromatic ring is 1. The number of nitrogens with two attached hydrogens (primary N) is 1. The molecule has 0 atom stereocenters. The van der Waals surface area contributed by atoms with E-state index < -0.39 is 0 Å². The van der Waals surface area contributed by atoms with Gasteiger partial charge in [-0.2, -0.15) is 0 Å². The minimum atomic E-state index is 0.475. The highest BCUT2D eigenvalue weighted by atomic mass is 16.5. The molecule has 2 N–H and O–H groups in total. The molecule has 5 heteroatoms.